The molecule has 6 heteroatoms. The van der Waals surface area contributed by atoms with Gasteiger partial charge in [0.05, 0.1) is 15.6 Å². The Bertz CT molecular complexity index is 833. The van der Waals surface area contributed by atoms with Gasteiger partial charge in [-0.2, -0.15) is 0 Å². The standard InChI is InChI=1S/C17H11ClFNO2S/c1-10-2-4-11(5-3-10)8-15-16(21)20(17(22)23-15)12-6-7-14(19)13(18)9-12/h2-9H,1H3/b15-8-. The Morgan fingerprint density at radius 3 is 2.48 bits per heavy atom. The van der Waals surface area contributed by atoms with Gasteiger partial charge in [0.1, 0.15) is 5.82 Å². The summed E-state index contributed by atoms with van der Waals surface area (Å²) in [4.78, 5) is 25.9. The summed E-state index contributed by atoms with van der Waals surface area (Å²) >= 11 is 6.57. The molecule has 2 aromatic rings. The molecule has 0 aromatic heterocycles. The zero-order chi connectivity index (χ0) is 16.6. The van der Waals surface area contributed by atoms with Gasteiger partial charge in [-0.05, 0) is 48.5 Å². The number of hydrogen-bond acceptors (Lipinski definition) is 3. The average molecular weight is 348 g/mol. The van der Waals surface area contributed by atoms with Crippen molar-refractivity contribution in [1.82, 2.24) is 0 Å². The third kappa shape index (κ3) is 3.16. The molecule has 0 saturated carbocycles. The molecule has 1 aliphatic rings. The molecule has 3 nitrogen and oxygen atoms in total. The molecule has 23 heavy (non-hydrogen) atoms. The minimum absolute atomic E-state index is 0.135. The van der Waals surface area contributed by atoms with Gasteiger partial charge in [-0.1, -0.05) is 41.4 Å². The molecule has 116 valence electrons. The van der Waals surface area contributed by atoms with Gasteiger partial charge in [0.2, 0.25) is 0 Å². The van der Waals surface area contributed by atoms with Gasteiger partial charge in [0.15, 0.2) is 0 Å². The fourth-order valence-electron chi connectivity index (χ4n) is 2.13. The number of imide groups is 1. The van der Waals surface area contributed by atoms with Crippen LogP contribution in [0.1, 0.15) is 11.1 Å². The molecule has 0 unspecified atom stereocenters. The van der Waals surface area contributed by atoms with Crippen molar-refractivity contribution in [3.8, 4) is 0 Å². The van der Waals surface area contributed by atoms with Crippen LogP contribution in [-0.4, -0.2) is 11.1 Å². The number of halogens is 2. The van der Waals surface area contributed by atoms with Crippen molar-refractivity contribution in [3.05, 3.63) is 69.3 Å². The van der Waals surface area contributed by atoms with Crippen LogP contribution in [-0.2, 0) is 4.79 Å². The quantitative estimate of drug-likeness (QED) is 0.715. The van der Waals surface area contributed by atoms with Crippen LogP contribution in [0.4, 0.5) is 14.9 Å². The van der Waals surface area contributed by atoms with E-state index < -0.39 is 17.0 Å². The van der Waals surface area contributed by atoms with Crippen LogP contribution < -0.4 is 4.90 Å². The fourth-order valence-corrected chi connectivity index (χ4v) is 3.14. The Kier molecular flexibility index (Phi) is 4.24. The van der Waals surface area contributed by atoms with E-state index in [1.54, 1.807) is 6.08 Å². The summed E-state index contributed by atoms with van der Waals surface area (Å²) < 4.78 is 13.2. The topological polar surface area (TPSA) is 37.4 Å². The highest BCUT2D eigenvalue weighted by molar-refractivity contribution is 8.19. The summed E-state index contributed by atoms with van der Waals surface area (Å²) in [5.41, 5.74) is 2.20. The second-order valence-corrected chi connectivity index (χ2v) is 6.43. The van der Waals surface area contributed by atoms with Crippen molar-refractivity contribution in [2.45, 2.75) is 6.92 Å². The largest absolute Gasteiger partial charge is 0.298 e. The van der Waals surface area contributed by atoms with Gasteiger partial charge >= 0.3 is 0 Å². The number of rotatable bonds is 2. The normalized spacial score (nSPS) is 16.5. The Morgan fingerprint density at radius 2 is 1.83 bits per heavy atom. The first kappa shape index (κ1) is 15.8. The lowest BCUT2D eigenvalue weighted by Crippen LogP contribution is -2.27. The monoisotopic (exact) mass is 347 g/mol. The van der Waals surface area contributed by atoms with Crippen molar-refractivity contribution in [2.75, 3.05) is 4.90 Å². The maximum absolute atomic E-state index is 13.2. The molecule has 2 amide bonds. The van der Waals surface area contributed by atoms with Crippen molar-refractivity contribution in [3.63, 3.8) is 0 Å². The van der Waals surface area contributed by atoms with Crippen LogP contribution in [0, 0.1) is 12.7 Å². The molecule has 0 bridgehead atoms. The number of hydrogen-bond donors (Lipinski definition) is 0. The van der Waals surface area contributed by atoms with Crippen LogP contribution in [0.25, 0.3) is 6.08 Å². The zero-order valence-corrected chi connectivity index (χ0v) is 13.6. The molecular weight excluding hydrogens is 337 g/mol. The zero-order valence-electron chi connectivity index (χ0n) is 12.0. The third-order valence-electron chi connectivity index (χ3n) is 3.33. The Labute approximate surface area is 141 Å². The van der Waals surface area contributed by atoms with Gasteiger partial charge in [0, 0.05) is 0 Å². The van der Waals surface area contributed by atoms with Gasteiger partial charge in [-0.3, -0.25) is 9.59 Å². The van der Waals surface area contributed by atoms with Gasteiger partial charge < -0.3 is 0 Å². The van der Waals surface area contributed by atoms with E-state index in [-0.39, 0.29) is 10.7 Å². The van der Waals surface area contributed by atoms with E-state index in [0.29, 0.717) is 4.91 Å². The lowest BCUT2D eigenvalue weighted by atomic mass is 10.1. The van der Waals surface area contributed by atoms with Gasteiger partial charge in [-0.15, -0.1) is 0 Å². The van der Waals surface area contributed by atoms with E-state index >= 15 is 0 Å². The van der Waals surface area contributed by atoms with Crippen LogP contribution in [0.15, 0.2) is 47.4 Å². The smallest absolute Gasteiger partial charge is 0.268 e. The minimum Gasteiger partial charge on any atom is -0.268 e. The summed E-state index contributed by atoms with van der Waals surface area (Å²) in [6.45, 7) is 1.97. The van der Waals surface area contributed by atoms with E-state index in [0.717, 1.165) is 33.9 Å². The van der Waals surface area contributed by atoms with E-state index in [2.05, 4.69) is 0 Å². The van der Waals surface area contributed by atoms with Crippen molar-refractivity contribution in [2.24, 2.45) is 0 Å². The molecule has 0 atom stereocenters. The van der Waals surface area contributed by atoms with Crippen molar-refractivity contribution in [1.29, 1.82) is 0 Å². The van der Waals surface area contributed by atoms with Gasteiger partial charge in [0.25, 0.3) is 11.1 Å². The summed E-state index contributed by atoms with van der Waals surface area (Å²) in [5.74, 6) is -1.04. The minimum atomic E-state index is -0.599. The highest BCUT2D eigenvalue weighted by atomic mass is 35.5. The van der Waals surface area contributed by atoms with Gasteiger partial charge in [-0.25, -0.2) is 9.29 Å². The number of thioether (sulfide) groups is 1. The molecule has 0 radical (unpaired) electrons. The van der Waals surface area contributed by atoms with E-state index in [9.17, 15) is 14.0 Å². The molecular formula is C17H11ClFNO2S. The summed E-state index contributed by atoms with van der Waals surface area (Å²) in [6.07, 6.45) is 1.66. The number of benzene rings is 2. The summed E-state index contributed by atoms with van der Waals surface area (Å²) in [7, 11) is 0. The highest BCUT2D eigenvalue weighted by Gasteiger charge is 2.36. The number of carbonyl (C=O) groups is 2. The Morgan fingerprint density at radius 1 is 1.13 bits per heavy atom. The Hall–Kier alpha value is -2.11. The van der Waals surface area contributed by atoms with Crippen LogP contribution >= 0.6 is 23.4 Å². The third-order valence-corrected chi connectivity index (χ3v) is 4.49. The molecule has 0 aliphatic carbocycles. The number of nitrogens with zero attached hydrogens (tertiary/aromatic N) is 1. The number of carbonyl (C=O) groups excluding carboxylic acids is 2. The average Bonchev–Trinajstić information content (AvgIpc) is 2.79. The number of aryl methyl sites for hydroxylation is 1. The van der Waals surface area contributed by atoms with E-state index in [1.165, 1.54) is 12.1 Å². The molecule has 0 spiro atoms. The Balaban J connectivity index is 1.93. The summed E-state index contributed by atoms with van der Waals surface area (Å²) in [6, 6.07) is 11.3. The maximum Gasteiger partial charge on any atom is 0.298 e. The fraction of sp³-hybridized carbons (Fsp3) is 0.0588. The van der Waals surface area contributed by atoms with Crippen LogP contribution in [0.3, 0.4) is 0 Å². The number of amides is 2. The predicted molar refractivity (Wildman–Crippen MR) is 91.0 cm³/mol. The lowest BCUT2D eigenvalue weighted by molar-refractivity contribution is -0.113. The lowest BCUT2D eigenvalue weighted by Gasteiger charge is -2.12. The first-order valence-electron chi connectivity index (χ1n) is 6.75. The second kappa shape index (κ2) is 6.18. The van der Waals surface area contributed by atoms with E-state index in [4.69, 9.17) is 11.6 Å². The molecule has 2 aromatic carbocycles. The van der Waals surface area contributed by atoms with Crippen LogP contribution in [0.5, 0.6) is 0 Å². The molecule has 1 aliphatic heterocycles. The molecule has 3 rings (SSSR count). The first-order chi connectivity index (χ1) is 11.0. The molecule has 1 saturated heterocycles. The maximum atomic E-state index is 13.2. The van der Waals surface area contributed by atoms with Crippen molar-refractivity contribution >= 4 is 46.3 Å². The SMILES string of the molecule is Cc1ccc(/C=C2\SC(=O)N(c3ccc(F)c(Cl)c3)C2=O)cc1. The number of anilines is 1. The highest BCUT2D eigenvalue weighted by Crippen LogP contribution is 2.36. The van der Waals surface area contributed by atoms with Crippen molar-refractivity contribution < 1.29 is 14.0 Å². The van der Waals surface area contributed by atoms with Crippen LogP contribution in [0.2, 0.25) is 5.02 Å². The second-order valence-electron chi connectivity index (χ2n) is 5.03. The predicted octanol–water partition coefficient (Wildman–Crippen LogP) is 5.03. The summed E-state index contributed by atoms with van der Waals surface area (Å²) in [5, 5.41) is -0.569. The first-order valence-corrected chi connectivity index (χ1v) is 7.95. The molecule has 0 N–H and O–H groups in total. The molecule has 1 heterocycles. The molecule has 1 fully saturated rings. The van der Waals surface area contributed by atoms with E-state index in [1.807, 2.05) is 31.2 Å².